The number of benzene rings is 1. The Morgan fingerprint density at radius 2 is 2.03 bits per heavy atom. The molecule has 160 valence electrons. The number of hydrogen-bond donors (Lipinski definition) is 1. The smallest absolute Gasteiger partial charge is 0.252 e. The summed E-state index contributed by atoms with van der Waals surface area (Å²) in [5.74, 6) is -0.0989. The first-order valence-corrected chi connectivity index (χ1v) is 11.2. The van der Waals surface area contributed by atoms with Crippen LogP contribution < -0.4 is 5.32 Å². The third-order valence-corrected chi connectivity index (χ3v) is 6.15. The first-order valence-electron chi connectivity index (χ1n) is 10.4. The van der Waals surface area contributed by atoms with E-state index in [0.29, 0.717) is 12.1 Å². The van der Waals surface area contributed by atoms with E-state index in [0.717, 1.165) is 57.5 Å². The summed E-state index contributed by atoms with van der Waals surface area (Å²) in [5.41, 5.74) is 5.13. The van der Waals surface area contributed by atoms with Gasteiger partial charge < -0.3 is 5.32 Å². The molecule has 8 heteroatoms. The van der Waals surface area contributed by atoms with Crippen molar-refractivity contribution in [1.29, 1.82) is 0 Å². The lowest BCUT2D eigenvalue weighted by atomic mass is 10.0. The zero-order valence-electron chi connectivity index (χ0n) is 17.9. The van der Waals surface area contributed by atoms with E-state index in [1.165, 1.54) is 0 Å². The van der Waals surface area contributed by atoms with E-state index in [-0.39, 0.29) is 5.91 Å². The van der Waals surface area contributed by atoms with Gasteiger partial charge in [-0.2, -0.15) is 10.2 Å². The molecule has 7 nitrogen and oxygen atoms in total. The van der Waals surface area contributed by atoms with Gasteiger partial charge in [0.25, 0.3) is 5.91 Å². The number of aryl methyl sites for hydroxylation is 3. The van der Waals surface area contributed by atoms with Gasteiger partial charge >= 0.3 is 0 Å². The van der Waals surface area contributed by atoms with Crippen molar-refractivity contribution in [3.05, 3.63) is 64.1 Å². The van der Waals surface area contributed by atoms with Crippen LogP contribution in [0.4, 0.5) is 0 Å². The molecule has 0 fully saturated rings. The molecule has 0 bridgehead atoms. The highest BCUT2D eigenvalue weighted by molar-refractivity contribution is 9.10. The minimum Gasteiger partial charge on any atom is -0.352 e. The van der Waals surface area contributed by atoms with Gasteiger partial charge in [0.2, 0.25) is 0 Å². The van der Waals surface area contributed by atoms with Gasteiger partial charge in [-0.05, 0) is 55.3 Å². The highest BCUT2D eigenvalue weighted by Gasteiger charge is 2.16. The summed E-state index contributed by atoms with van der Waals surface area (Å²) in [7, 11) is 0. The number of carbonyl (C=O) groups is 1. The first-order chi connectivity index (χ1) is 15.0. The summed E-state index contributed by atoms with van der Waals surface area (Å²) in [5, 5.41) is 12.8. The molecule has 0 unspecified atom stereocenters. The third-order valence-electron chi connectivity index (χ3n) is 5.38. The number of aromatic nitrogens is 5. The van der Waals surface area contributed by atoms with E-state index >= 15 is 0 Å². The Morgan fingerprint density at radius 3 is 2.74 bits per heavy atom. The van der Waals surface area contributed by atoms with Crippen LogP contribution in [0.2, 0.25) is 0 Å². The normalized spacial score (nSPS) is 11.2. The lowest BCUT2D eigenvalue weighted by Gasteiger charge is -2.11. The molecule has 4 aromatic rings. The largest absolute Gasteiger partial charge is 0.352 e. The van der Waals surface area contributed by atoms with Gasteiger partial charge in [0.05, 0.1) is 33.1 Å². The number of para-hydroxylation sites is 1. The van der Waals surface area contributed by atoms with Crippen molar-refractivity contribution in [3.63, 3.8) is 0 Å². The molecule has 0 saturated carbocycles. The molecular formula is C23H25BrN6O. The van der Waals surface area contributed by atoms with E-state index in [9.17, 15) is 4.79 Å². The van der Waals surface area contributed by atoms with E-state index in [1.807, 2.05) is 65.9 Å². The second-order valence-corrected chi connectivity index (χ2v) is 8.32. The average Bonchev–Trinajstić information content (AvgIpc) is 3.31. The second kappa shape index (κ2) is 9.01. The Bertz CT molecular complexity index is 1220. The number of nitrogens with one attached hydrogen (secondary N) is 1. The molecular weight excluding hydrogens is 456 g/mol. The van der Waals surface area contributed by atoms with E-state index in [2.05, 4.69) is 38.4 Å². The van der Waals surface area contributed by atoms with Gasteiger partial charge in [-0.25, -0.2) is 4.98 Å². The monoisotopic (exact) mass is 480 g/mol. The van der Waals surface area contributed by atoms with Crippen molar-refractivity contribution in [2.75, 3.05) is 6.54 Å². The summed E-state index contributed by atoms with van der Waals surface area (Å²) in [6, 6.07) is 9.61. The predicted molar refractivity (Wildman–Crippen MR) is 125 cm³/mol. The Kier molecular flexibility index (Phi) is 6.18. The predicted octanol–water partition coefficient (Wildman–Crippen LogP) is 4.51. The van der Waals surface area contributed by atoms with Gasteiger partial charge in [-0.15, -0.1) is 0 Å². The second-order valence-electron chi connectivity index (χ2n) is 7.47. The fourth-order valence-corrected chi connectivity index (χ4v) is 3.98. The number of hydrogen-bond acceptors (Lipinski definition) is 4. The van der Waals surface area contributed by atoms with Crippen LogP contribution in [0, 0.1) is 13.8 Å². The number of nitrogens with zero attached hydrogens (tertiary/aromatic N) is 5. The van der Waals surface area contributed by atoms with Crippen molar-refractivity contribution < 1.29 is 4.79 Å². The molecule has 4 rings (SSSR count). The van der Waals surface area contributed by atoms with Crippen molar-refractivity contribution in [2.45, 2.75) is 40.3 Å². The quantitative estimate of drug-likeness (QED) is 0.394. The first kappa shape index (κ1) is 21.2. The molecule has 0 saturated heterocycles. The minimum atomic E-state index is -0.0989. The van der Waals surface area contributed by atoms with Crippen LogP contribution in [0.3, 0.4) is 0 Å². The fraction of sp³-hybridized carbons (Fsp3) is 0.304. The number of rotatable bonds is 7. The number of pyridine rings is 1. The molecule has 0 atom stereocenters. The Labute approximate surface area is 189 Å². The van der Waals surface area contributed by atoms with E-state index in [1.54, 1.807) is 0 Å². The van der Waals surface area contributed by atoms with E-state index in [4.69, 9.17) is 4.98 Å². The summed E-state index contributed by atoms with van der Waals surface area (Å²) < 4.78 is 4.81. The molecule has 0 radical (unpaired) electrons. The summed E-state index contributed by atoms with van der Waals surface area (Å²) in [4.78, 5) is 17.9. The van der Waals surface area contributed by atoms with Crippen LogP contribution in [-0.4, -0.2) is 37.0 Å². The molecule has 0 aliphatic carbocycles. The molecule has 3 heterocycles. The molecule has 31 heavy (non-hydrogen) atoms. The number of carbonyl (C=O) groups excluding carboxylic acids is 1. The van der Waals surface area contributed by atoms with Crippen molar-refractivity contribution in [3.8, 4) is 11.3 Å². The average molecular weight is 481 g/mol. The number of halogens is 1. The molecule has 3 aromatic heterocycles. The Morgan fingerprint density at radius 1 is 1.23 bits per heavy atom. The summed E-state index contributed by atoms with van der Waals surface area (Å²) in [6.07, 6.45) is 4.57. The molecule has 0 aliphatic rings. The molecule has 1 N–H and O–H groups in total. The third kappa shape index (κ3) is 4.39. The van der Waals surface area contributed by atoms with Gasteiger partial charge in [0.15, 0.2) is 0 Å². The standard InChI is InChI=1S/C23H25BrN6O/c1-4-30-16(3)19(13-26-30)22-12-18(17-8-5-6-9-21(17)27-22)23(31)25-10-7-11-29-14-20(24)15(2)28-29/h5-6,8-9,12-14H,4,7,10-11H2,1-3H3,(H,25,31). The number of fused-ring (bicyclic) bond motifs is 1. The van der Waals surface area contributed by atoms with Crippen molar-refractivity contribution in [2.24, 2.45) is 0 Å². The summed E-state index contributed by atoms with van der Waals surface area (Å²) >= 11 is 3.47. The maximum Gasteiger partial charge on any atom is 0.252 e. The van der Waals surface area contributed by atoms with Gasteiger partial charge in [0, 0.05) is 42.5 Å². The minimum absolute atomic E-state index is 0.0989. The van der Waals surface area contributed by atoms with Crippen molar-refractivity contribution in [1.82, 2.24) is 29.9 Å². The maximum atomic E-state index is 13.1. The van der Waals surface area contributed by atoms with Crippen LogP contribution in [0.15, 0.2) is 47.2 Å². The topological polar surface area (TPSA) is 77.6 Å². The maximum absolute atomic E-state index is 13.1. The van der Waals surface area contributed by atoms with Crippen LogP contribution in [-0.2, 0) is 13.1 Å². The van der Waals surface area contributed by atoms with Crippen LogP contribution in [0.5, 0.6) is 0 Å². The molecule has 0 aliphatic heterocycles. The highest BCUT2D eigenvalue weighted by atomic mass is 79.9. The van der Waals surface area contributed by atoms with Gasteiger partial charge in [-0.3, -0.25) is 14.2 Å². The molecule has 1 amide bonds. The lowest BCUT2D eigenvalue weighted by Crippen LogP contribution is -2.25. The highest BCUT2D eigenvalue weighted by Crippen LogP contribution is 2.27. The van der Waals surface area contributed by atoms with Gasteiger partial charge in [0.1, 0.15) is 0 Å². The Hall–Kier alpha value is -3.00. The van der Waals surface area contributed by atoms with Crippen LogP contribution in [0.1, 0.15) is 35.1 Å². The SMILES string of the molecule is CCn1ncc(-c2cc(C(=O)NCCCn3cc(Br)c(C)n3)c3ccccc3n2)c1C. The zero-order valence-corrected chi connectivity index (χ0v) is 19.5. The zero-order chi connectivity index (χ0) is 22.0. The molecule has 0 spiro atoms. The van der Waals surface area contributed by atoms with Crippen LogP contribution >= 0.6 is 15.9 Å². The number of amides is 1. The van der Waals surface area contributed by atoms with E-state index < -0.39 is 0 Å². The fourth-order valence-electron chi connectivity index (χ4n) is 3.66. The molecule has 1 aromatic carbocycles. The Balaban J connectivity index is 1.55. The summed E-state index contributed by atoms with van der Waals surface area (Å²) in [6.45, 7) is 8.13. The lowest BCUT2D eigenvalue weighted by molar-refractivity contribution is 0.0954. The van der Waals surface area contributed by atoms with Crippen LogP contribution in [0.25, 0.3) is 22.2 Å². The van der Waals surface area contributed by atoms with Crippen molar-refractivity contribution >= 4 is 32.7 Å². The van der Waals surface area contributed by atoms with Gasteiger partial charge in [-0.1, -0.05) is 18.2 Å².